The van der Waals surface area contributed by atoms with Crippen molar-refractivity contribution in [2.45, 2.75) is 78.3 Å². The summed E-state index contributed by atoms with van der Waals surface area (Å²) < 4.78 is 0. The van der Waals surface area contributed by atoms with Crippen LogP contribution in [-0.4, -0.2) is 67.6 Å². The summed E-state index contributed by atoms with van der Waals surface area (Å²) in [6.07, 6.45) is 5.98. The first-order chi connectivity index (χ1) is 21.4. The Morgan fingerprint density at radius 3 is 2.40 bits per heavy atom. The van der Waals surface area contributed by atoms with Crippen molar-refractivity contribution in [2.24, 2.45) is 17.8 Å². The zero-order valence-electron chi connectivity index (χ0n) is 26.1. The number of allylic oxidation sites excluding steroid dienone is 2. The Kier molecular flexibility index (Phi) is 9.93. The van der Waals surface area contributed by atoms with Crippen molar-refractivity contribution < 1.29 is 34.7 Å². The molecule has 0 radical (unpaired) electrons. The number of carbonyl (C=O) groups excluding carboxylic acids is 1. The number of carboxylic acid groups (broad SMARTS) is 2. The van der Waals surface area contributed by atoms with Crippen molar-refractivity contribution in [2.75, 3.05) is 11.5 Å². The van der Waals surface area contributed by atoms with Crippen LogP contribution in [0.25, 0.3) is 12.2 Å². The predicted molar refractivity (Wildman–Crippen MR) is 179 cm³/mol. The number of thiol groups is 1. The molecule has 12 heteroatoms. The van der Waals surface area contributed by atoms with Gasteiger partial charge >= 0.3 is 17.8 Å². The van der Waals surface area contributed by atoms with Gasteiger partial charge in [-0.15, -0.1) is 11.8 Å². The van der Waals surface area contributed by atoms with E-state index in [1.54, 1.807) is 11.8 Å². The van der Waals surface area contributed by atoms with Gasteiger partial charge in [0.1, 0.15) is 0 Å². The molecule has 5 atom stereocenters. The average Bonchev–Trinajstić information content (AvgIpc) is 3.56. The van der Waals surface area contributed by atoms with Crippen molar-refractivity contribution >= 4 is 60.3 Å². The van der Waals surface area contributed by atoms with Crippen LogP contribution >= 0.6 is 24.4 Å². The van der Waals surface area contributed by atoms with E-state index < -0.39 is 11.9 Å². The molecule has 7 N–H and O–H groups in total. The van der Waals surface area contributed by atoms with Crippen molar-refractivity contribution in [1.82, 2.24) is 15.6 Å². The summed E-state index contributed by atoms with van der Waals surface area (Å²) in [7, 11) is 0. The van der Waals surface area contributed by atoms with Gasteiger partial charge in [-0.1, -0.05) is 13.8 Å². The minimum atomic E-state index is -0.894. The molecule has 0 bridgehead atoms. The number of carbonyl (C=O) groups is 3. The molecule has 1 aromatic heterocycles. The maximum atomic E-state index is 12.5. The van der Waals surface area contributed by atoms with Gasteiger partial charge in [-0.2, -0.15) is 12.6 Å². The lowest BCUT2D eigenvalue weighted by molar-refractivity contribution is -0.508. The molecule has 242 valence electrons. The van der Waals surface area contributed by atoms with E-state index in [0.29, 0.717) is 25.0 Å². The number of rotatable bonds is 12. The van der Waals surface area contributed by atoms with Crippen LogP contribution < -0.4 is 15.6 Å². The number of hydrogen-bond acceptors (Lipinski definition) is 6. The van der Waals surface area contributed by atoms with Crippen LogP contribution in [0.15, 0.2) is 33.0 Å². The number of hydrogen-bond donors (Lipinski definition) is 8. The molecule has 4 aliphatic rings. The third kappa shape index (κ3) is 7.06. The summed E-state index contributed by atoms with van der Waals surface area (Å²) in [4.78, 5) is 43.7. The van der Waals surface area contributed by atoms with Gasteiger partial charge in [-0.25, -0.2) is 4.99 Å². The second-order valence-electron chi connectivity index (χ2n) is 12.5. The molecule has 1 amide bonds. The van der Waals surface area contributed by atoms with E-state index >= 15 is 0 Å². The third-order valence-corrected chi connectivity index (χ3v) is 10.8. The fourth-order valence-electron chi connectivity index (χ4n) is 6.91. The largest absolute Gasteiger partial charge is 0.481 e. The number of aliphatic hydroxyl groups excluding tert-OH is 1. The maximum absolute atomic E-state index is 12.5. The summed E-state index contributed by atoms with van der Waals surface area (Å²) in [5.74, 6) is 0.0603. The molecule has 1 aromatic rings. The van der Waals surface area contributed by atoms with E-state index in [2.05, 4.69) is 40.2 Å². The summed E-state index contributed by atoms with van der Waals surface area (Å²) >= 11 is 6.15. The number of aliphatic carboxylic acids is 2. The van der Waals surface area contributed by atoms with Gasteiger partial charge in [0.15, 0.2) is 6.04 Å². The van der Waals surface area contributed by atoms with E-state index in [-0.39, 0.29) is 54.5 Å². The molecular formula is C33H43N4O6S2+. The highest BCUT2D eigenvalue weighted by Gasteiger charge is 2.44. The highest BCUT2D eigenvalue weighted by atomic mass is 32.2. The van der Waals surface area contributed by atoms with Gasteiger partial charge < -0.3 is 30.9 Å². The van der Waals surface area contributed by atoms with Gasteiger partial charge in [-0.3, -0.25) is 14.4 Å². The van der Waals surface area contributed by atoms with Crippen molar-refractivity contribution in [1.29, 1.82) is 0 Å². The number of H-pyrrole nitrogens is 1. The minimum absolute atomic E-state index is 0.0179. The quantitative estimate of drug-likeness (QED) is 0.126. The molecule has 10 nitrogen and oxygen atoms in total. The number of aromatic amines is 1. The lowest BCUT2D eigenvalue weighted by Gasteiger charge is -2.17. The van der Waals surface area contributed by atoms with Crippen LogP contribution in [0.1, 0.15) is 75.4 Å². The van der Waals surface area contributed by atoms with Gasteiger partial charge in [0.05, 0.1) is 17.5 Å². The van der Waals surface area contributed by atoms with Crippen LogP contribution in [-0.2, 0) is 20.8 Å². The van der Waals surface area contributed by atoms with Crippen LogP contribution in [0.5, 0.6) is 0 Å². The normalized spacial score (nSPS) is 29.5. The van der Waals surface area contributed by atoms with Crippen molar-refractivity contribution in [3.05, 3.63) is 55.5 Å². The van der Waals surface area contributed by atoms with Gasteiger partial charge in [0.25, 0.3) is 0 Å². The van der Waals surface area contributed by atoms with Gasteiger partial charge in [-0.05, 0) is 73.3 Å². The second kappa shape index (κ2) is 13.5. The predicted octanol–water partition coefficient (Wildman–Crippen LogP) is 3.32. The number of aromatic nitrogens is 1. The fourth-order valence-corrected chi connectivity index (χ4v) is 7.86. The third-order valence-electron chi connectivity index (χ3n) is 9.71. The van der Waals surface area contributed by atoms with Crippen LogP contribution in [0.3, 0.4) is 0 Å². The number of amides is 1. The molecular weight excluding hydrogens is 613 g/mol. The lowest BCUT2D eigenvalue weighted by atomic mass is 9.90. The Bertz CT molecular complexity index is 1560. The van der Waals surface area contributed by atoms with E-state index in [0.717, 1.165) is 62.8 Å². The maximum Gasteiger partial charge on any atom is 0.363 e. The molecule has 5 heterocycles. The smallest absolute Gasteiger partial charge is 0.363 e. The monoisotopic (exact) mass is 655 g/mol. The Morgan fingerprint density at radius 1 is 1.07 bits per heavy atom. The molecule has 2 saturated heterocycles. The molecule has 5 rings (SSSR count). The number of carboxylic acids is 2. The van der Waals surface area contributed by atoms with Gasteiger partial charge in [0, 0.05) is 64.5 Å². The van der Waals surface area contributed by atoms with Gasteiger partial charge in [0.2, 0.25) is 5.91 Å². The zero-order chi connectivity index (χ0) is 32.6. The summed E-state index contributed by atoms with van der Waals surface area (Å²) in [5, 5.41) is 36.3. The Balaban J connectivity index is 1.50. The summed E-state index contributed by atoms with van der Waals surface area (Å²) in [6, 6.07) is -0.0474. The Hall–Kier alpha value is -3.38. The SMILES string of the molecule is CC1=C(CCC(=O)O)/C(=C/c2[nH]c(/C=C3\NC(=O)[C@H](C)[C@H]3CCS)c(C)c2CCC(=O)O)NC1C[C@H]1[NH+]=C(O)/C(=C2\CS2)C1C. The highest BCUT2D eigenvalue weighted by molar-refractivity contribution is 8.11. The standard InChI is InChI=1S/C33H42N4O6S2/c1-15-19(5-7-29(38)39)25(34-22(15)11-24-18(4)31(28-14-45-28)33(43)36-24)13-26-20(6-8-30(40)41)16(2)23(35-26)12-27-21(9-10-44)17(3)32(42)37-27/h12-13,17-18,21-22,24,34-35,44H,5-11,14H2,1-4H3,(H,36,43)(H,37,42)(H,38,39)(H,40,41)/p+1/b25-13-,27-12-,31-28+/t17-,18?,21-,22?,24-/m1/s1. The summed E-state index contributed by atoms with van der Waals surface area (Å²) in [6.45, 7) is 8.02. The van der Waals surface area contributed by atoms with Crippen LogP contribution in [0.2, 0.25) is 0 Å². The first kappa shape index (κ1) is 33.0. The van der Waals surface area contributed by atoms with E-state index in [4.69, 9.17) is 0 Å². The molecule has 4 aliphatic heterocycles. The minimum Gasteiger partial charge on any atom is -0.481 e. The lowest BCUT2D eigenvalue weighted by Crippen LogP contribution is -2.77. The second-order valence-corrected chi connectivity index (χ2v) is 14.0. The molecule has 0 aliphatic carbocycles. The van der Waals surface area contributed by atoms with Crippen LogP contribution in [0, 0.1) is 24.7 Å². The van der Waals surface area contributed by atoms with Crippen LogP contribution in [0.4, 0.5) is 0 Å². The fraction of sp³-hybridized carbons (Fsp3) is 0.515. The highest BCUT2D eigenvalue weighted by Crippen LogP contribution is 2.42. The molecule has 0 aromatic carbocycles. The van der Waals surface area contributed by atoms with E-state index in [9.17, 15) is 29.7 Å². The van der Waals surface area contributed by atoms with Crippen molar-refractivity contribution in [3.8, 4) is 0 Å². The first-order valence-electron chi connectivity index (χ1n) is 15.5. The first-order valence-corrected chi connectivity index (χ1v) is 17.2. The van der Waals surface area contributed by atoms with E-state index in [1.807, 2.05) is 32.9 Å². The molecule has 0 spiro atoms. The molecule has 2 fully saturated rings. The Morgan fingerprint density at radius 2 is 1.76 bits per heavy atom. The zero-order valence-corrected chi connectivity index (χ0v) is 27.8. The molecule has 0 saturated carbocycles. The topological polar surface area (TPSA) is 166 Å². The summed E-state index contributed by atoms with van der Waals surface area (Å²) in [5.41, 5.74) is 7.95. The number of nitrogens with one attached hydrogen (secondary N) is 4. The molecule has 45 heavy (non-hydrogen) atoms. The van der Waals surface area contributed by atoms with E-state index in [1.165, 1.54) is 4.91 Å². The van der Waals surface area contributed by atoms with Crippen molar-refractivity contribution in [3.63, 3.8) is 0 Å². The number of aliphatic hydroxyl groups is 1. The average molecular weight is 656 g/mol. The Labute approximate surface area is 273 Å². The number of thioether (sulfide) groups is 1. The molecule has 2 unspecified atom stereocenters.